The van der Waals surface area contributed by atoms with Gasteiger partial charge >= 0.3 is 13.3 Å². The number of carbonyl (C=O) groups excluding carboxylic acids is 1. The Kier molecular flexibility index (Phi) is 6.20. The number of methoxy groups -OCH3 is 1. The van der Waals surface area contributed by atoms with Crippen molar-refractivity contribution in [2.75, 3.05) is 13.7 Å². The van der Waals surface area contributed by atoms with Gasteiger partial charge in [0.25, 0.3) is 0 Å². The number of alkyl halides is 3. The molecule has 5 nitrogen and oxygen atoms in total. The molecule has 1 N–H and O–H groups in total. The predicted octanol–water partition coefficient (Wildman–Crippen LogP) is 3.86. The fourth-order valence-corrected chi connectivity index (χ4v) is 2.62. The highest BCUT2D eigenvalue weighted by Crippen LogP contribution is 2.39. The van der Waals surface area contributed by atoms with E-state index in [1.807, 2.05) is 27.7 Å². The Morgan fingerprint density at radius 2 is 1.75 bits per heavy atom. The van der Waals surface area contributed by atoms with E-state index in [2.05, 4.69) is 5.32 Å². The molecule has 1 heterocycles. The van der Waals surface area contributed by atoms with Crippen molar-refractivity contribution < 1.29 is 32.0 Å². The van der Waals surface area contributed by atoms with Crippen LogP contribution >= 0.6 is 0 Å². The summed E-state index contributed by atoms with van der Waals surface area (Å²) in [5.74, 6) is -0.196. The molecular weight excluding hydrogens is 374 g/mol. The fourth-order valence-electron chi connectivity index (χ4n) is 2.62. The lowest BCUT2D eigenvalue weighted by Crippen LogP contribution is -2.41. The summed E-state index contributed by atoms with van der Waals surface area (Å²) < 4.78 is 56.6. The summed E-state index contributed by atoms with van der Waals surface area (Å²) in [5.41, 5.74) is -1.32. The van der Waals surface area contributed by atoms with E-state index >= 15 is 0 Å². The predicted molar refractivity (Wildman–Crippen MR) is 101 cm³/mol. The van der Waals surface area contributed by atoms with Crippen LogP contribution in [-0.4, -0.2) is 37.9 Å². The maximum atomic E-state index is 13.2. The van der Waals surface area contributed by atoms with E-state index in [1.54, 1.807) is 0 Å². The quantitative estimate of drug-likeness (QED) is 0.764. The highest BCUT2D eigenvalue weighted by Gasteiger charge is 2.52. The molecule has 1 aliphatic rings. The Morgan fingerprint density at radius 3 is 2.21 bits per heavy atom. The van der Waals surface area contributed by atoms with Crippen LogP contribution in [0.4, 0.5) is 13.2 Å². The minimum Gasteiger partial charge on any atom is -0.497 e. The molecule has 1 aliphatic heterocycles. The molecule has 1 fully saturated rings. The molecule has 28 heavy (non-hydrogen) atoms. The molecule has 1 aromatic carbocycles. The Hall–Kier alpha value is -2.00. The summed E-state index contributed by atoms with van der Waals surface area (Å²) in [6.45, 7) is 8.92. The van der Waals surface area contributed by atoms with Crippen molar-refractivity contribution in [1.29, 1.82) is 0 Å². The minimum absolute atomic E-state index is 0.0741. The number of halogens is 3. The van der Waals surface area contributed by atoms with E-state index < -0.39 is 30.1 Å². The van der Waals surface area contributed by atoms with Crippen molar-refractivity contribution >= 4 is 19.1 Å². The zero-order valence-corrected chi connectivity index (χ0v) is 16.9. The average Bonchev–Trinajstić information content (AvgIpc) is 2.77. The van der Waals surface area contributed by atoms with Crippen molar-refractivity contribution in [3.8, 4) is 5.75 Å². The Balaban J connectivity index is 2.47. The van der Waals surface area contributed by atoms with Gasteiger partial charge in [0.1, 0.15) is 5.75 Å². The number of hydrogen-bond donors (Lipinski definition) is 1. The lowest BCUT2D eigenvalue weighted by Gasteiger charge is -2.32. The minimum atomic E-state index is -4.51. The molecule has 1 amide bonds. The second kappa shape index (κ2) is 7.79. The number of amides is 1. The van der Waals surface area contributed by atoms with Gasteiger partial charge in [-0.2, -0.15) is 13.2 Å². The molecule has 154 valence electrons. The van der Waals surface area contributed by atoms with E-state index in [0.717, 1.165) is 12.1 Å². The van der Waals surface area contributed by atoms with Crippen molar-refractivity contribution in [3.05, 3.63) is 34.8 Å². The molecule has 1 aromatic rings. The second-order valence-corrected chi connectivity index (χ2v) is 7.71. The van der Waals surface area contributed by atoms with E-state index in [1.165, 1.54) is 26.2 Å². The van der Waals surface area contributed by atoms with Crippen molar-refractivity contribution in [2.24, 2.45) is 0 Å². The number of ether oxygens (including phenoxy) is 1. The van der Waals surface area contributed by atoms with Crippen LogP contribution in [0, 0.1) is 0 Å². The zero-order valence-electron chi connectivity index (χ0n) is 16.9. The number of rotatable bonds is 5. The van der Waals surface area contributed by atoms with Gasteiger partial charge in [-0.05, 0) is 56.9 Å². The number of benzene rings is 1. The highest BCUT2D eigenvalue weighted by atomic mass is 19.4. The smallest absolute Gasteiger partial charge is 0.492 e. The molecule has 9 heteroatoms. The summed E-state index contributed by atoms with van der Waals surface area (Å²) in [4.78, 5) is 11.4. The Morgan fingerprint density at radius 1 is 1.18 bits per heavy atom. The third kappa shape index (κ3) is 5.08. The van der Waals surface area contributed by atoms with Crippen LogP contribution in [0.2, 0.25) is 0 Å². The number of nitrogens with one attached hydrogen (secondary N) is 1. The van der Waals surface area contributed by atoms with E-state index in [4.69, 9.17) is 14.0 Å². The monoisotopic (exact) mass is 399 g/mol. The number of carbonyl (C=O) groups is 1. The summed E-state index contributed by atoms with van der Waals surface area (Å²) in [6, 6.07) is 3.43. The van der Waals surface area contributed by atoms with Crippen LogP contribution in [0.25, 0.3) is 6.08 Å². The van der Waals surface area contributed by atoms with Gasteiger partial charge in [0.05, 0.1) is 23.9 Å². The van der Waals surface area contributed by atoms with Crippen molar-refractivity contribution in [3.63, 3.8) is 0 Å². The van der Waals surface area contributed by atoms with Crippen LogP contribution < -0.4 is 10.1 Å². The number of hydrogen-bond acceptors (Lipinski definition) is 4. The first-order chi connectivity index (χ1) is 12.7. The third-order valence-corrected chi connectivity index (χ3v) is 4.94. The molecule has 0 atom stereocenters. The largest absolute Gasteiger partial charge is 0.497 e. The van der Waals surface area contributed by atoms with Gasteiger partial charge in [0.2, 0.25) is 5.91 Å². The molecule has 0 spiro atoms. The lowest BCUT2D eigenvalue weighted by molar-refractivity contribution is -0.137. The first-order valence-electron chi connectivity index (χ1n) is 8.82. The molecule has 0 bridgehead atoms. The average molecular weight is 399 g/mol. The molecule has 0 unspecified atom stereocenters. The van der Waals surface area contributed by atoms with Gasteiger partial charge in [0.15, 0.2) is 0 Å². The van der Waals surface area contributed by atoms with Crippen molar-refractivity contribution in [1.82, 2.24) is 5.32 Å². The molecular formula is C19H25BF3NO4. The summed E-state index contributed by atoms with van der Waals surface area (Å²) in [7, 11) is 0.493. The molecule has 1 saturated heterocycles. The highest BCUT2D eigenvalue weighted by molar-refractivity contribution is 6.56. The van der Waals surface area contributed by atoms with E-state index in [-0.39, 0.29) is 23.8 Å². The first kappa shape index (κ1) is 22.3. The van der Waals surface area contributed by atoms with Crippen LogP contribution in [-0.2, 0) is 20.3 Å². The molecule has 2 rings (SSSR count). The topological polar surface area (TPSA) is 56.8 Å². The summed E-state index contributed by atoms with van der Waals surface area (Å²) in [5, 5.41) is 2.65. The molecule has 0 saturated carbocycles. The third-order valence-electron chi connectivity index (χ3n) is 4.94. The molecule has 0 aromatic heterocycles. The van der Waals surface area contributed by atoms with Crippen LogP contribution in [0.3, 0.4) is 0 Å². The normalized spacial score (nSPS) is 18.9. The standard InChI is InChI=1S/C19H25BF3NO4/c1-12(25)24-11-15(20-27-17(2,3)18(4,5)28-20)8-13-7-14(19(21,22)23)10-16(9-13)26-6/h7-10H,11H2,1-6H3,(H,24,25). The lowest BCUT2D eigenvalue weighted by atomic mass is 9.77. The van der Waals surface area contributed by atoms with Gasteiger partial charge < -0.3 is 19.4 Å². The first-order valence-corrected chi connectivity index (χ1v) is 8.82. The maximum absolute atomic E-state index is 13.2. The van der Waals surface area contributed by atoms with Gasteiger partial charge in [-0.15, -0.1) is 0 Å². The molecule has 0 radical (unpaired) electrons. The Labute approximate surface area is 163 Å². The Bertz CT molecular complexity index is 759. The zero-order chi connectivity index (χ0) is 21.3. The van der Waals surface area contributed by atoms with Gasteiger partial charge in [0, 0.05) is 13.5 Å². The summed E-state index contributed by atoms with van der Waals surface area (Å²) >= 11 is 0. The van der Waals surface area contributed by atoms with Gasteiger partial charge in [-0.3, -0.25) is 4.79 Å². The SMILES string of the molecule is COc1cc(C=C(CNC(C)=O)B2OC(C)(C)C(C)(C)O2)cc(C(F)(F)F)c1. The second-order valence-electron chi connectivity index (χ2n) is 7.71. The van der Waals surface area contributed by atoms with E-state index in [0.29, 0.717) is 5.47 Å². The van der Waals surface area contributed by atoms with Crippen LogP contribution in [0.1, 0.15) is 45.7 Å². The maximum Gasteiger partial charge on any atom is 0.492 e. The fraction of sp³-hybridized carbons (Fsp3) is 0.526. The van der Waals surface area contributed by atoms with Crippen LogP contribution in [0.5, 0.6) is 5.75 Å². The van der Waals surface area contributed by atoms with Gasteiger partial charge in [-0.1, -0.05) is 6.08 Å². The van der Waals surface area contributed by atoms with Crippen LogP contribution in [0.15, 0.2) is 23.7 Å². The van der Waals surface area contributed by atoms with E-state index in [9.17, 15) is 18.0 Å². The summed E-state index contributed by atoms with van der Waals surface area (Å²) in [6.07, 6.45) is -2.99. The van der Waals surface area contributed by atoms with Crippen molar-refractivity contribution in [2.45, 2.75) is 52.0 Å². The molecule has 0 aliphatic carbocycles. The van der Waals surface area contributed by atoms with Gasteiger partial charge in [-0.25, -0.2) is 0 Å².